The predicted octanol–water partition coefficient (Wildman–Crippen LogP) is 1.95. The third kappa shape index (κ3) is 1.43. The first kappa shape index (κ1) is 8.31. The Kier molecular flexibility index (Phi) is 2.00. The van der Waals surface area contributed by atoms with Gasteiger partial charge in [-0.05, 0) is 47.2 Å². The average Bonchev–Trinajstić information content (AvgIpc) is 2.79. The van der Waals surface area contributed by atoms with E-state index in [9.17, 15) is 5.11 Å². The minimum atomic E-state index is 0.387. The van der Waals surface area contributed by atoms with Gasteiger partial charge in [0.2, 0.25) is 0 Å². The van der Waals surface area contributed by atoms with Gasteiger partial charge in [0.1, 0.15) is 5.75 Å². The molecule has 12 heavy (non-hydrogen) atoms. The van der Waals surface area contributed by atoms with E-state index in [1.807, 2.05) is 19.1 Å². The van der Waals surface area contributed by atoms with E-state index in [1.165, 1.54) is 3.57 Å². The van der Waals surface area contributed by atoms with Crippen molar-refractivity contribution in [1.82, 2.24) is 5.32 Å². The smallest absolute Gasteiger partial charge is 0.123 e. The minimum Gasteiger partial charge on any atom is -0.507 e. The molecule has 0 amide bonds. The second-order valence-electron chi connectivity index (χ2n) is 3.12. The lowest BCUT2D eigenvalue weighted by molar-refractivity contribution is 0.463. The normalized spacial score (nSPS) is 21.0. The Hall–Kier alpha value is -0.290. The molecule has 2 rings (SSSR count). The molecule has 0 radical (unpaired) electrons. The van der Waals surface area contributed by atoms with Crippen LogP contribution in [0.1, 0.15) is 17.2 Å². The zero-order chi connectivity index (χ0) is 8.72. The van der Waals surface area contributed by atoms with Crippen LogP contribution in [0.4, 0.5) is 0 Å². The standard InChI is InChI=1S/C9H10INO/c1-5-2-6(10)3-7(9(5)12)8-4-11-8/h2-3,8,11-12H,4H2,1H3/t8-/m0/s1. The lowest BCUT2D eigenvalue weighted by atomic mass is 10.1. The summed E-state index contributed by atoms with van der Waals surface area (Å²) in [6.07, 6.45) is 0. The zero-order valence-electron chi connectivity index (χ0n) is 6.76. The molecule has 3 heteroatoms. The van der Waals surface area contributed by atoms with Crippen molar-refractivity contribution in [1.29, 1.82) is 0 Å². The van der Waals surface area contributed by atoms with Gasteiger partial charge in [-0.3, -0.25) is 0 Å². The second kappa shape index (κ2) is 2.88. The summed E-state index contributed by atoms with van der Waals surface area (Å²) in [4.78, 5) is 0. The predicted molar refractivity (Wildman–Crippen MR) is 56.3 cm³/mol. The summed E-state index contributed by atoms with van der Waals surface area (Å²) >= 11 is 2.27. The highest BCUT2D eigenvalue weighted by molar-refractivity contribution is 14.1. The lowest BCUT2D eigenvalue weighted by Gasteiger charge is -2.05. The van der Waals surface area contributed by atoms with Crippen molar-refractivity contribution < 1.29 is 5.11 Å². The van der Waals surface area contributed by atoms with E-state index < -0.39 is 0 Å². The SMILES string of the molecule is Cc1cc(I)cc([C@@H]2CN2)c1O. The van der Waals surface area contributed by atoms with E-state index in [-0.39, 0.29) is 0 Å². The van der Waals surface area contributed by atoms with Crippen molar-refractivity contribution in [3.05, 3.63) is 26.8 Å². The van der Waals surface area contributed by atoms with Crippen LogP contribution < -0.4 is 5.32 Å². The van der Waals surface area contributed by atoms with E-state index >= 15 is 0 Å². The summed E-state index contributed by atoms with van der Waals surface area (Å²) in [6.45, 7) is 2.93. The van der Waals surface area contributed by atoms with Crippen molar-refractivity contribution in [2.45, 2.75) is 13.0 Å². The average molecular weight is 275 g/mol. The summed E-state index contributed by atoms with van der Waals surface area (Å²) < 4.78 is 1.19. The second-order valence-corrected chi connectivity index (χ2v) is 4.37. The molecule has 2 nitrogen and oxygen atoms in total. The quantitative estimate of drug-likeness (QED) is 0.607. The Morgan fingerprint density at radius 2 is 2.25 bits per heavy atom. The van der Waals surface area contributed by atoms with Crippen LogP contribution in [-0.2, 0) is 0 Å². The molecule has 0 bridgehead atoms. The van der Waals surface area contributed by atoms with Gasteiger partial charge >= 0.3 is 0 Å². The van der Waals surface area contributed by atoms with Crippen LogP contribution in [0, 0.1) is 10.5 Å². The first-order valence-corrected chi connectivity index (χ1v) is 4.99. The molecule has 0 unspecified atom stereocenters. The van der Waals surface area contributed by atoms with Crippen LogP contribution in [0.25, 0.3) is 0 Å². The number of halogens is 1. The van der Waals surface area contributed by atoms with Crippen LogP contribution in [0.2, 0.25) is 0 Å². The molecule has 1 heterocycles. The van der Waals surface area contributed by atoms with Gasteiger partial charge in [-0.15, -0.1) is 0 Å². The number of nitrogens with one attached hydrogen (secondary N) is 1. The number of aryl methyl sites for hydroxylation is 1. The van der Waals surface area contributed by atoms with Gasteiger partial charge in [-0.1, -0.05) is 0 Å². The molecule has 1 aromatic carbocycles. The van der Waals surface area contributed by atoms with E-state index in [1.54, 1.807) is 0 Å². The molecule has 1 atom stereocenters. The molecule has 1 aliphatic rings. The van der Waals surface area contributed by atoms with E-state index in [4.69, 9.17) is 0 Å². The van der Waals surface area contributed by atoms with E-state index in [2.05, 4.69) is 27.9 Å². The Bertz CT molecular complexity index is 321. The molecular weight excluding hydrogens is 265 g/mol. The summed E-state index contributed by atoms with van der Waals surface area (Å²) in [5.74, 6) is 0.449. The number of hydrogen-bond acceptors (Lipinski definition) is 2. The van der Waals surface area contributed by atoms with Gasteiger partial charge in [0.05, 0.1) is 0 Å². The summed E-state index contributed by atoms with van der Waals surface area (Å²) in [5, 5.41) is 12.9. The highest BCUT2D eigenvalue weighted by Gasteiger charge is 2.26. The van der Waals surface area contributed by atoms with Crippen LogP contribution in [0.3, 0.4) is 0 Å². The molecule has 1 saturated heterocycles. The fraction of sp³-hybridized carbons (Fsp3) is 0.333. The number of phenols is 1. The summed E-state index contributed by atoms with van der Waals surface area (Å²) in [6, 6.07) is 4.41. The van der Waals surface area contributed by atoms with E-state index in [0.29, 0.717) is 11.8 Å². The molecule has 0 aliphatic carbocycles. The van der Waals surface area contributed by atoms with Gasteiger partial charge in [-0.2, -0.15) is 0 Å². The minimum absolute atomic E-state index is 0.387. The van der Waals surface area contributed by atoms with Crippen LogP contribution >= 0.6 is 22.6 Å². The van der Waals surface area contributed by atoms with Crippen molar-refractivity contribution in [3.8, 4) is 5.75 Å². The molecule has 0 aromatic heterocycles. The van der Waals surface area contributed by atoms with Gasteiger partial charge in [0.15, 0.2) is 0 Å². The van der Waals surface area contributed by atoms with Crippen molar-refractivity contribution in [2.24, 2.45) is 0 Å². The maximum atomic E-state index is 9.69. The number of aromatic hydroxyl groups is 1. The number of hydrogen-bond donors (Lipinski definition) is 2. The van der Waals surface area contributed by atoms with Crippen LogP contribution in [-0.4, -0.2) is 11.7 Å². The maximum absolute atomic E-state index is 9.69. The first-order valence-electron chi connectivity index (χ1n) is 3.91. The molecule has 0 spiro atoms. The lowest BCUT2D eigenvalue weighted by Crippen LogP contribution is -1.89. The fourth-order valence-electron chi connectivity index (χ4n) is 1.31. The fourth-order valence-corrected chi connectivity index (χ4v) is 2.11. The van der Waals surface area contributed by atoms with Crippen molar-refractivity contribution >= 4 is 22.6 Å². The van der Waals surface area contributed by atoms with Gasteiger partial charge in [-0.25, -0.2) is 0 Å². The van der Waals surface area contributed by atoms with Crippen LogP contribution in [0.5, 0.6) is 5.75 Å². The number of benzene rings is 1. The summed E-state index contributed by atoms with van der Waals surface area (Å²) in [7, 11) is 0. The molecular formula is C9H10INO. The van der Waals surface area contributed by atoms with Crippen LogP contribution in [0.15, 0.2) is 12.1 Å². The van der Waals surface area contributed by atoms with Gasteiger partial charge in [0.25, 0.3) is 0 Å². The third-order valence-corrected chi connectivity index (χ3v) is 2.70. The summed E-state index contributed by atoms with van der Waals surface area (Å²) in [5.41, 5.74) is 2.00. The molecule has 1 fully saturated rings. The topological polar surface area (TPSA) is 42.2 Å². The first-order chi connectivity index (χ1) is 5.68. The van der Waals surface area contributed by atoms with E-state index in [0.717, 1.165) is 17.7 Å². The van der Waals surface area contributed by atoms with Crippen molar-refractivity contribution in [3.63, 3.8) is 0 Å². The molecule has 1 aliphatic heterocycles. The molecule has 2 N–H and O–H groups in total. The number of phenolic OH excluding ortho intramolecular Hbond substituents is 1. The highest BCUT2D eigenvalue weighted by atomic mass is 127. The molecule has 1 aromatic rings. The Morgan fingerprint density at radius 3 is 2.83 bits per heavy atom. The Labute approximate surface area is 85.1 Å². The Balaban J connectivity index is 2.51. The highest BCUT2D eigenvalue weighted by Crippen LogP contribution is 2.33. The third-order valence-electron chi connectivity index (χ3n) is 2.08. The van der Waals surface area contributed by atoms with Gasteiger partial charge in [0, 0.05) is 21.7 Å². The molecule has 64 valence electrons. The zero-order valence-corrected chi connectivity index (χ0v) is 8.92. The Morgan fingerprint density at radius 1 is 1.58 bits per heavy atom. The number of rotatable bonds is 1. The largest absolute Gasteiger partial charge is 0.507 e. The van der Waals surface area contributed by atoms with Gasteiger partial charge < -0.3 is 10.4 Å². The monoisotopic (exact) mass is 275 g/mol. The molecule has 0 saturated carbocycles. The maximum Gasteiger partial charge on any atom is 0.123 e. The van der Waals surface area contributed by atoms with Crippen molar-refractivity contribution in [2.75, 3.05) is 6.54 Å².